The molecule has 1 amide bonds. The maximum absolute atomic E-state index is 12.7. The Balaban J connectivity index is 1.63. The molecular weight excluding hydrogens is 340 g/mol. The van der Waals surface area contributed by atoms with Gasteiger partial charge in [-0.3, -0.25) is 4.79 Å². The lowest BCUT2D eigenvalue weighted by Gasteiger charge is -2.23. The maximum Gasteiger partial charge on any atom is 0.256 e. The summed E-state index contributed by atoms with van der Waals surface area (Å²) >= 11 is 0. The molecule has 2 heterocycles. The number of hydrogen-bond donors (Lipinski definition) is 2. The van der Waals surface area contributed by atoms with Gasteiger partial charge in [-0.1, -0.05) is 29.8 Å². The molecule has 138 valence electrons. The SMILES string of the molecule is Cc1ccc(C(=O)Nc2nc(C[NH+]3CCOCC3)nc3ccccc23)cc1. The number of morpholine rings is 1. The molecular formula is C21H23N4O2+. The van der Waals surface area contributed by atoms with E-state index in [1.54, 1.807) is 0 Å². The van der Waals surface area contributed by atoms with Crippen LogP contribution in [0.4, 0.5) is 5.82 Å². The average Bonchev–Trinajstić information content (AvgIpc) is 2.69. The maximum atomic E-state index is 12.7. The predicted molar refractivity (Wildman–Crippen MR) is 104 cm³/mol. The second-order valence-electron chi connectivity index (χ2n) is 6.86. The predicted octanol–water partition coefficient (Wildman–Crippen LogP) is 1.61. The minimum absolute atomic E-state index is 0.163. The van der Waals surface area contributed by atoms with E-state index in [4.69, 9.17) is 9.72 Å². The summed E-state index contributed by atoms with van der Waals surface area (Å²) in [6, 6.07) is 15.3. The first-order valence-corrected chi connectivity index (χ1v) is 9.24. The first-order valence-electron chi connectivity index (χ1n) is 9.24. The molecule has 1 aliphatic rings. The molecule has 2 N–H and O–H groups in total. The van der Waals surface area contributed by atoms with Gasteiger partial charge in [0.25, 0.3) is 5.91 Å². The van der Waals surface area contributed by atoms with E-state index in [1.807, 2.05) is 55.5 Å². The molecule has 0 unspecified atom stereocenters. The Labute approximate surface area is 158 Å². The number of nitrogens with one attached hydrogen (secondary N) is 2. The third-order valence-corrected chi connectivity index (χ3v) is 4.80. The van der Waals surface area contributed by atoms with Gasteiger partial charge in [0, 0.05) is 10.9 Å². The lowest BCUT2D eigenvalue weighted by Crippen LogP contribution is -3.12. The number of hydrogen-bond acceptors (Lipinski definition) is 4. The van der Waals surface area contributed by atoms with Gasteiger partial charge in [0.2, 0.25) is 0 Å². The van der Waals surface area contributed by atoms with Crippen LogP contribution in [0.1, 0.15) is 21.7 Å². The number of para-hydroxylation sites is 1. The molecule has 6 heteroatoms. The van der Waals surface area contributed by atoms with Crippen molar-refractivity contribution in [1.29, 1.82) is 0 Å². The third-order valence-electron chi connectivity index (χ3n) is 4.80. The molecule has 0 saturated carbocycles. The number of quaternary nitrogens is 1. The van der Waals surface area contributed by atoms with E-state index < -0.39 is 0 Å². The van der Waals surface area contributed by atoms with Crippen LogP contribution in [0.2, 0.25) is 0 Å². The number of carbonyl (C=O) groups is 1. The number of fused-ring (bicyclic) bond motifs is 1. The third kappa shape index (κ3) is 4.13. The molecule has 1 aromatic heterocycles. The minimum Gasteiger partial charge on any atom is -0.370 e. The Morgan fingerprint density at radius 2 is 1.81 bits per heavy atom. The van der Waals surface area contributed by atoms with Crippen LogP contribution in [0.3, 0.4) is 0 Å². The Morgan fingerprint density at radius 1 is 1.07 bits per heavy atom. The highest BCUT2D eigenvalue weighted by molar-refractivity contribution is 6.07. The van der Waals surface area contributed by atoms with Crippen molar-refractivity contribution in [2.45, 2.75) is 13.5 Å². The average molecular weight is 363 g/mol. The van der Waals surface area contributed by atoms with E-state index >= 15 is 0 Å². The van der Waals surface area contributed by atoms with Crippen molar-refractivity contribution >= 4 is 22.6 Å². The Hall–Kier alpha value is -2.83. The van der Waals surface area contributed by atoms with Crippen molar-refractivity contribution in [3.8, 4) is 0 Å². The van der Waals surface area contributed by atoms with Crippen LogP contribution in [0, 0.1) is 6.92 Å². The lowest BCUT2D eigenvalue weighted by molar-refractivity contribution is -0.922. The first-order chi connectivity index (χ1) is 13.2. The standard InChI is InChI=1S/C21H22N4O2/c1-15-6-8-16(9-7-15)21(26)24-20-17-4-2-3-5-18(17)22-19(23-20)14-25-10-12-27-13-11-25/h2-9H,10-14H2,1H3,(H,22,23,24,26)/p+1. The van der Waals surface area contributed by atoms with Crippen molar-refractivity contribution in [3.63, 3.8) is 0 Å². The summed E-state index contributed by atoms with van der Waals surface area (Å²) in [5.41, 5.74) is 2.58. The quantitative estimate of drug-likeness (QED) is 0.739. The summed E-state index contributed by atoms with van der Waals surface area (Å²) in [6.45, 7) is 6.14. The van der Waals surface area contributed by atoms with Gasteiger partial charge < -0.3 is 15.0 Å². The zero-order valence-corrected chi connectivity index (χ0v) is 15.4. The summed E-state index contributed by atoms with van der Waals surface area (Å²) < 4.78 is 5.42. The molecule has 0 spiro atoms. The largest absolute Gasteiger partial charge is 0.370 e. The number of benzene rings is 2. The molecule has 1 aliphatic heterocycles. The number of rotatable bonds is 4. The van der Waals surface area contributed by atoms with Crippen LogP contribution in [-0.4, -0.2) is 42.2 Å². The summed E-state index contributed by atoms with van der Waals surface area (Å²) in [4.78, 5) is 23.4. The second kappa shape index (κ2) is 7.82. The van der Waals surface area contributed by atoms with E-state index in [0.29, 0.717) is 11.4 Å². The Bertz CT molecular complexity index is 950. The first kappa shape index (κ1) is 17.6. The van der Waals surface area contributed by atoms with Gasteiger partial charge in [0.1, 0.15) is 25.5 Å². The molecule has 27 heavy (non-hydrogen) atoms. The molecule has 6 nitrogen and oxygen atoms in total. The summed E-state index contributed by atoms with van der Waals surface area (Å²) in [5.74, 6) is 1.14. The highest BCUT2D eigenvalue weighted by Crippen LogP contribution is 2.20. The van der Waals surface area contributed by atoms with Crippen LogP contribution in [0.5, 0.6) is 0 Å². The molecule has 0 bridgehead atoms. The second-order valence-corrected chi connectivity index (χ2v) is 6.86. The normalized spacial score (nSPS) is 15.0. The van der Waals surface area contributed by atoms with E-state index in [-0.39, 0.29) is 5.91 Å². The van der Waals surface area contributed by atoms with Crippen LogP contribution in [0.15, 0.2) is 48.5 Å². The summed E-state index contributed by atoms with van der Waals surface area (Å²) in [5, 5.41) is 3.82. The number of aromatic nitrogens is 2. The van der Waals surface area contributed by atoms with E-state index in [2.05, 4.69) is 10.3 Å². The Kier molecular flexibility index (Phi) is 5.09. The number of anilines is 1. The fourth-order valence-electron chi connectivity index (χ4n) is 3.24. The van der Waals surface area contributed by atoms with Gasteiger partial charge in [-0.05, 0) is 31.2 Å². The highest BCUT2D eigenvalue weighted by Gasteiger charge is 2.18. The number of carbonyl (C=O) groups excluding carboxylic acids is 1. The molecule has 2 aromatic carbocycles. The fourth-order valence-corrected chi connectivity index (χ4v) is 3.24. The van der Waals surface area contributed by atoms with Crippen LogP contribution >= 0.6 is 0 Å². The molecule has 1 fully saturated rings. The van der Waals surface area contributed by atoms with E-state index in [1.165, 1.54) is 4.90 Å². The van der Waals surface area contributed by atoms with Crippen molar-refractivity contribution in [2.75, 3.05) is 31.6 Å². The monoisotopic (exact) mass is 363 g/mol. The number of nitrogens with zero attached hydrogens (tertiary/aromatic N) is 2. The van der Waals surface area contributed by atoms with Crippen molar-refractivity contribution < 1.29 is 14.4 Å². The fraction of sp³-hybridized carbons (Fsp3) is 0.286. The number of ether oxygens (including phenoxy) is 1. The molecule has 0 aliphatic carbocycles. The molecule has 3 aromatic rings. The van der Waals surface area contributed by atoms with Crippen molar-refractivity contribution in [3.05, 3.63) is 65.5 Å². The van der Waals surface area contributed by atoms with Crippen molar-refractivity contribution in [2.24, 2.45) is 0 Å². The molecule has 0 atom stereocenters. The van der Waals surface area contributed by atoms with E-state index in [9.17, 15) is 4.79 Å². The lowest BCUT2D eigenvalue weighted by atomic mass is 10.1. The number of amides is 1. The van der Waals surface area contributed by atoms with Gasteiger partial charge in [0.15, 0.2) is 5.82 Å². The zero-order chi connectivity index (χ0) is 18.6. The van der Waals surface area contributed by atoms with Gasteiger partial charge in [-0.25, -0.2) is 9.97 Å². The van der Waals surface area contributed by atoms with Crippen LogP contribution in [-0.2, 0) is 11.3 Å². The minimum atomic E-state index is -0.163. The van der Waals surface area contributed by atoms with Gasteiger partial charge in [-0.2, -0.15) is 0 Å². The van der Waals surface area contributed by atoms with E-state index in [0.717, 1.165) is 55.1 Å². The Morgan fingerprint density at radius 3 is 2.59 bits per heavy atom. The summed E-state index contributed by atoms with van der Waals surface area (Å²) in [6.07, 6.45) is 0. The number of aryl methyl sites for hydroxylation is 1. The summed E-state index contributed by atoms with van der Waals surface area (Å²) in [7, 11) is 0. The molecule has 4 rings (SSSR count). The topological polar surface area (TPSA) is 68.5 Å². The van der Waals surface area contributed by atoms with Crippen LogP contribution in [0.25, 0.3) is 10.9 Å². The van der Waals surface area contributed by atoms with Crippen LogP contribution < -0.4 is 10.2 Å². The van der Waals surface area contributed by atoms with Crippen molar-refractivity contribution in [1.82, 2.24) is 9.97 Å². The molecule has 0 radical (unpaired) electrons. The molecule has 1 saturated heterocycles. The van der Waals surface area contributed by atoms with Gasteiger partial charge in [-0.15, -0.1) is 0 Å². The highest BCUT2D eigenvalue weighted by atomic mass is 16.5. The van der Waals surface area contributed by atoms with Gasteiger partial charge in [0.05, 0.1) is 18.7 Å². The van der Waals surface area contributed by atoms with Gasteiger partial charge >= 0.3 is 0 Å². The smallest absolute Gasteiger partial charge is 0.256 e. The zero-order valence-electron chi connectivity index (χ0n) is 15.4.